The van der Waals surface area contributed by atoms with Crippen molar-refractivity contribution >= 4 is 18.7 Å². The highest BCUT2D eigenvalue weighted by Crippen LogP contribution is 1.96. The van der Waals surface area contributed by atoms with E-state index in [2.05, 4.69) is 11.7 Å². The molecule has 0 unspecified atom stereocenters. The molecular weight excluding hydrogens is 138 g/mol. The number of aliphatic carboxylic acids is 2. The predicted octanol–water partition coefficient (Wildman–Crippen LogP) is -0.385. The highest BCUT2D eigenvalue weighted by molar-refractivity contribution is 5.81. The zero-order valence-corrected chi connectivity index (χ0v) is 5.15. The van der Waals surface area contributed by atoms with Crippen LogP contribution in [0.2, 0.25) is 0 Å². The molecule has 0 saturated carbocycles. The summed E-state index contributed by atoms with van der Waals surface area (Å²) in [6.45, 7) is 2.94. The Labute approximate surface area is 57.0 Å². The van der Waals surface area contributed by atoms with E-state index in [0.717, 1.165) is 0 Å². The molecule has 0 rings (SSSR count). The van der Waals surface area contributed by atoms with E-state index in [0.29, 0.717) is 0 Å². The minimum absolute atomic E-state index is 0.515. The monoisotopic (exact) mass is 145 g/mol. The number of hydrogen-bond acceptors (Lipinski definition) is 3. The standard InChI is InChI=1S/C5H7NO4/c1-6-3(5(9)10)2-4(7)8/h3H,1-2H2,(H,7,8)(H,9,10)/t3-/m0/s1. The van der Waals surface area contributed by atoms with Crippen molar-refractivity contribution in [3.8, 4) is 0 Å². The summed E-state index contributed by atoms with van der Waals surface area (Å²) in [6.07, 6.45) is -0.515. The molecule has 0 aliphatic heterocycles. The van der Waals surface area contributed by atoms with Crippen molar-refractivity contribution in [1.82, 2.24) is 0 Å². The van der Waals surface area contributed by atoms with Gasteiger partial charge in [0.25, 0.3) is 0 Å². The van der Waals surface area contributed by atoms with Crippen LogP contribution >= 0.6 is 0 Å². The Morgan fingerprint density at radius 3 is 2.10 bits per heavy atom. The fourth-order valence-corrected chi connectivity index (χ4v) is 0.395. The fraction of sp³-hybridized carbons (Fsp3) is 0.400. The lowest BCUT2D eigenvalue weighted by atomic mass is 10.2. The van der Waals surface area contributed by atoms with Crippen LogP contribution in [0, 0.1) is 0 Å². The van der Waals surface area contributed by atoms with E-state index in [4.69, 9.17) is 10.2 Å². The molecule has 10 heavy (non-hydrogen) atoms. The largest absolute Gasteiger partial charge is 0.481 e. The Bertz CT molecular complexity index is 165. The second kappa shape index (κ2) is 3.60. The maximum absolute atomic E-state index is 10.1. The molecule has 0 spiro atoms. The maximum Gasteiger partial charge on any atom is 0.328 e. The van der Waals surface area contributed by atoms with Gasteiger partial charge in [-0.1, -0.05) is 0 Å². The molecular formula is C5H7NO4. The first-order valence-electron chi connectivity index (χ1n) is 2.48. The van der Waals surface area contributed by atoms with Crippen molar-refractivity contribution in [2.75, 3.05) is 0 Å². The summed E-state index contributed by atoms with van der Waals surface area (Å²) in [6, 6.07) is -1.22. The molecule has 0 aromatic rings. The molecule has 0 aliphatic rings. The average Bonchev–Trinajstić information content (AvgIpc) is 1.81. The van der Waals surface area contributed by atoms with Crippen LogP contribution in [0.3, 0.4) is 0 Å². The molecule has 0 amide bonds. The molecule has 1 atom stereocenters. The number of hydrogen-bond donors (Lipinski definition) is 2. The van der Waals surface area contributed by atoms with E-state index >= 15 is 0 Å². The van der Waals surface area contributed by atoms with Gasteiger partial charge in [-0.2, -0.15) is 0 Å². The molecule has 0 aromatic carbocycles. The first-order chi connectivity index (χ1) is 4.57. The van der Waals surface area contributed by atoms with Crippen molar-refractivity contribution in [3.05, 3.63) is 0 Å². The summed E-state index contributed by atoms with van der Waals surface area (Å²) < 4.78 is 0. The van der Waals surface area contributed by atoms with Gasteiger partial charge in [-0.15, -0.1) is 0 Å². The minimum atomic E-state index is -1.27. The Morgan fingerprint density at radius 1 is 1.50 bits per heavy atom. The van der Waals surface area contributed by atoms with Crippen molar-refractivity contribution in [2.45, 2.75) is 12.5 Å². The van der Waals surface area contributed by atoms with E-state index in [9.17, 15) is 9.59 Å². The zero-order valence-electron chi connectivity index (χ0n) is 5.15. The number of carbonyl (C=O) groups is 2. The predicted molar refractivity (Wildman–Crippen MR) is 33.2 cm³/mol. The fourth-order valence-electron chi connectivity index (χ4n) is 0.395. The molecule has 0 fully saturated rings. The summed E-state index contributed by atoms with van der Waals surface area (Å²) >= 11 is 0. The van der Waals surface area contributed by atoms with Gasteiger partial charge in [0.15, 0.2) is 6.04 Å². The summed E-state index contributed by atoms with van der Waals surface area (Å²) in [5, 5.41) is 16.3. The zero-order chi connectivity index (χ0) is 8.15. The lowest BCUT2D eigenvalue weighted by Gasteiger charge is -2.00. The van der Waals surface area contributed by atoms with Gasteiger partial charge in [-0.05, 0) is 6.72 Å². The van der Waals surface area contributed by atoms with Crippen LogP contribution in [-0.4, -0.2) is 34.9 Å². The quantitative estimate of drug-likeness (QED) is 0.527. The van der Waals surface area contributed by atoms with Crippen LogP contribution in [-0.2, 0) is 9.59 Å². The summed E-state index contributed by atoms with van der Waals surface area (Å²) in [4.78, 5) is 23.1. The van der Waals surface area contributed by atoms with Crippen LogP contribution in [0.5, 0.6) is 0 Å². The third-order valence-corrected chi connectivity index (χ3v) is 0.873. The van der Waals surface area contributed by atoms with Gasteiger partial charge in [-0.3, -0.25) is 9.79 Å². The van der Waals surface area contributed by atoms with Gasteiger partial charge >= 0.3 is 11.9 Å². The first kappa shape index (κ1) is 8.61. The Hall–Kier alpha value is -1.39. The molecule has 0 bridgehead atoms. The number of nitrogens with zero attached hydrogens (tertiary/aromatic N) is 1. The number of rotatable bonds is 4. The van der Waals surface area contributed by atoms with Crippen LogP contribution < -0.4 is 0 Å². The van der Waals surface area contributed by atoms with Gasteiger partial charge < -0.3 is 10.2 Å². The molecule has 5 heteroatoms. The first-order valence-corrected chi connectivity index (χ1v) is 2.48. The number of aliphatic imine (C=N–C) groups is 1. The second-order valence-electron chi connectivity index (χ2n) is 1.63. The topological polar surface area (TPSA) is 87.0 Å². The molecule has 0 radical (unpaired) electrons. The van der Waals surface area contributed by atoms with E-state index in [1.807, 2.05) is 0 Å². The SMILES string of the molecule is C=N[C@@H](CC(=O)O)C(=O)O. The number of carboxylic acid groups (broad SMARTS) is 2. The van der Waals surface area contributed by atoms with Crippen LogP contribution in [0.25, 0.3) is 0 Å². The van der Waals surface area contributed by atoms with Crippen LogP contribution in [0.1, 0.15) is 6.42 Å². The van der Waals surface area contributed by atoms with Gasteiger partial charge in [0.1, 0.15) is 0 Å². The van der Waals surface area contributed by atoms with Crippen molar-refractivity contribution in [1.29, 1.82) is 0 Å². The van der Waals surface area contributed by atoms with Gasteiger partial charge in [0.2, 0.25) is 0 Å². The Balaban J connectivity index is 3.96. The third-order valence-electron chi connectivity index (χ3n) is 0.873. The molecule has 0 heterocycles. The van der Waals surface area contributed by atoms with Gasteiger partial charge in [0.05, 0.1) is 6.42 Å². The van der Waals surface area contributed by atoms with Crippen LogP contribution in [0.4, 0.5) is 0 Å². The Kier molecular flexibility index (Phi) is 3.10. The Morgan fingerprint density at radius 2 is 2.00 bits per heavy atom. The lowest BCUT2D eigenvalue weighted by Crippen LogP contribution is -2.20. The highest BCUT2D eigenvalue weighted by Gasteiger charge is 2.17. The van der Waals surface area contributed by atoms with Crippen molar-refractivity contribution in [2.24, 2.45) is 4.99 Å². The molecule has 0 saturated heterocycles. The molecule has 5 nitrogen and oxygen atoms in total. The normalized spacial score (nSPS) is 12.0. The van der Waals surface area contributed by atoms with E-state index in [1.165, 1.54) is 0 Å². The summed E-state index contributed by atoms with van der Waals surface area (Å²) in [7, 11) is 0. The second-order valence-corrected chi connectivity index (χ2v) is 1.63. The van der Waals surface area contributed by atoms with Gasteiger partial charge in [-0.25, -0.2) is 4.79 Å². The van der Waals surface area contributed by atoms with E-state index in [-0.39, 0.29) is 0 Å². The highest BCUT2D eigenvalue weighted by atomic mass is 16.4. The van der Waals surface area contributed by atoms with E-state index < -0.39 is 24.4 Å². The summed E-state index contributed by atoms with van der Waals surface area (Å²) in [5.74, 6) is -2.46. The van der Waals surface area contributed by atoms with Crippen molar-refractivity contribution in [3.63, 3.8) is 0 Å². The maximum atomic E-state index is 10.1. The van der Waals surface area contributed by atoms with E-state index in [1.54, 1.807) is 0 Å². The molecule has 0 aromatic heterocycles. The van der Waals surface area contributed by atoms with Crippen molar-refractivity contribution < 1.29 is 19.8 Å². The number of carboxylic acids is 2. The molecule has 56 valence electrons. The summed E-state index contributed by atoms with van der Waals surface area (Å²) in [5.41, 5.74) is 0. The smallest absolute Gasteiger partial charge is 0.328 e. The molecule has 2 N–H and O–H groups in total. The third kappa shape index (κ3) is 2.81. The lowest BCUT2D eigenvalue weighted by molar-refractivity contribution is -0.144. The van der Waals surface area contributed by atoms with Gasteiger partial charge in [0, 0.05) is 0 Å². The molecule has 0 aliphatic carbocycles. The average molecular weight is 145 g/mol. The minimum Gasteiger partial charge on any atom is -0.481 e. The van der Waals surface area contributed by atoms with Crippen LogP contribution in [0.15, 0.2) is 4.99 Å².